The molecule has 0 fully saturated rings. The van der Waals surface area contributed by atoms with Gasteiger partial charge in [-0.3, -0.25) is 0 Å². The number of hydrogen-bond acceptors (Lipinski definition) is 3. The minimum Gasteiger partial charge on any atom is -0.480 e. The summed E-state index contributed by atoms with van der Waals surface area (Å²) >= 11 is 11.9. The first-order valence-corrected chi connectivity index (χ1v) is 5.61. The number of anilines is 1. The maximum Gasteiger partial charge on any atom is 0.236 e. The highest BCUT2D eigenvalue weighted by molar-refractivity contribution is 6.35. The molecule has 88 valence electrons. The Morgan fingerprint density at radius 3 is 2.24 bits per heavy atom. The molecule has 0 saturated heterocycles. The molecule has 2 N–H and O–H groups in total. The summed E-state index contributed by atoms with van der Waals surface area (Å²) in [5.74, 6) is 0.405. The number of nitrogen functional groups attached to an aromatic ring is 1. The second-order valence-electron chi connectivity index (χ2n) is 3.48. The molecule has 0 spiro atoms. The summed E-state index contributed by atoms with van der Waals surface area (Å²) in [7, 11) is 1.52. The zero-order chi connectivity index (χ0) is 12.4. The minimum absolute atomic E-state index is 0.405. The van der Waals surface area contributed by atoms with Crippen molar-refractivity contribution in [2.75, 3.05) is 12.8 Å². The molecule has 0 atom stereocenters. The number of rotatable bonds is 2. The Morgan fingerprint density at radius 1 is 1.06 bits per heavy atom. The molecule has 0 amide bonds. The van der Waals surface area contributed by atoms with Gasteiger partial charge in [0.05, 0.1) is 12.8 Å². The van der Waals surface area contributed by atoms with Crippen molar-refractivity contribution < 1.29 is 4.74 Å². The predicted molar refractivity (Wildman–Crippen MR) is 70.7 cm³/mol. The van der Waals surface area contributed by atoms with Gasteiger partial charge in [0.15, 0.2) is 0 Å². The lowest BCUT2D eigenvalue weighted by Gasteiger charge is -2.07. The van der Waals surface area contributed by atoms with E-state index in [2.05, 4.69) is 4.98 Å². The van der Waals surface area contributed by atoms with Crippen LogP contribution < -0.4 is 10.5 Å². The number of benzene rings is 1. The number of hydrogen-bond donors (Lipinski definition) is 1. The highest BCUT2D eigenvalue weighted by Gasteiger charge is 2.06. The van der Waals surface area contributed by atoms with Gasteiger partial charge in [-0.05, 0) is 29.8 Å². The Morgan fingerprint density at radius 2 is 1.71 bits per heavy atom. The summed E-state index contributed by atoms with van der Waals surface area (Å²) in [6.07, 6.45) is 1.66. The lowest BCUT2D eigenvalue weighted by Crippen LogP contribution is -1.95. The van der Waals surface area contributed by atoms with E-state index in [1.54, 1.807) is 30.5 Å². The molecule has 3 nitrogen and oxygen atoms in total. The monoisotopic (exact) mass is 268 g/mol. The number of nitrogens with two attached hydrogens (primary N) is 1. The molecule has 1 heterocycles. The van der Waals surface area contributed by atoms with Crippen LogP contribution in [0, 0.1) is 0 Å². The van der Waals surface area contributed by atoms with E-state index < -0.39 is 0 Å². The average molecular weight is 269 g/mol. The van der Waals surface area contributed by atoms with Crippen LogP contribution in [0.2, 0.25) is 10.0 Å². The van der Waals surface area contributed by atoms with Crippen LogP contribution in [0.5, 0.6) is 5.88 Å². The van der Waals surface area contributed by atoms with Crippen molar-refractivity contribution in [3.63, 3.8) is 0 Å². The molecule has 0 unspecified atom stereocenters. The second-order valence-corrected chi connectivity index (χ2v) is 4.35. The van der Waals surface area contributed by atoms with Gasteiger partial charge in [-0.1, -0.05) is 23.2 Å². The number of pyridine rings is 1. The molecule has 1 aromatic heterocycles. The molecule has 0 radical (unpaired) electrons. The fraction of sp³-hybridized carbons (Fsp3) is 0.0833. The molecule has 0 aliphatic heterocycles. The first-order valence-electron chi connectivity index (χ1n) is 4.86. The first kappa shape index (κ1) is 12.0. The topological polar surface area (TPSA) is 48.1 Å². The lowest BCUT2D eigenvalue weighted by atomic mass is 10.1. The summed E-state index contributed by atoms with van der Waals surface area (Å²) in [5, 5.41) is 1.14. The van der Waals surface area contributed by atoms with Crippen LogP contribution in [0.1, 0.15) is 0 Å². The SMILES string of the molecule is COc1ncc(-c2cc(Cl)cc(Cl)c2)cc1N. The first-order chi connectivity index (χ1) is 8.10. The van der Waals surface area contributed by atoms with E-state index in [9.17, 15) is 0 Å². The van der Waals surface area contributed by atoms with E-state index in [-0.39, 0.29) is 0 Å². The predicted octanol–water partition coefficient (Wildman–Crippen LogP) is 3.65. The van der Waals surface area contributed by atoms with Crippen LogP contribution in [0.4, 0.5) is 5.69 Å². The Hall–Kier alpha value is -1.45. The van der Waals surface area contributed by atoms with E-state index in [0.29, 0.717) is 21.6 Å². The third-order valence-corrected chi connectivity index (χ3v) is 2.70. The maximum atomic E-state index is 5.94. The van der Waals surface area contributed by atoms with E-state index in [4.69, 9.17) is 33.7 Å². The normalized spacial score (nSPS) is 10.3. The molecule has 1 aromatic carbocycles. The Bertz CT molecular complexity index is 538. The van der Waals surface area contributed by atoms with Gasteiger partial charge in [0, 0.05) is 21.8 Å². The molecule has 2 aromatic rings. The Balaban J connectivity index is 2.49. The van der Waals surface area contributed by atoms with Crippen molar-refractivity contribution in [1.29, 1.82) is 0 Å². The molecule has 0 bridgehead atoms. The van der Waals surface area contributed by atoms with Crippen molar-refractivity contribution in [1.82, 2.24) is 4.98 Å². The molecule has 0 saturated carbocycles. The average Bonchev–Trinajstić information content (AvgIpc) is 2.27. The summed E-state index contributed by atoms with van der Waals surface area (Å²) in [5.41, 5.74) is 7.97. The van der Waals surface area contributed by atoms with Gasteiger partial charge in [0.2, 0.25) is 5.88 Å². The van der Waals surface area contributed by atoms with Crippen molar-refractivity contribution in [3.8, 4) is 17.0 Å². The van der Waals surface area contributed by atoms with Crippen LogP contribution >= 0.6 is 23.2 Å². The van der Waals surface area contributed by atoms with Gasteiger partial charge in [-0.2, -0.15) is 0 Å². The number of methoxy groups -OCH3 is 1. The number of aromatic nitrogens is 1. The number of nitrogens with zero attached hydrogens (tertiary/aromatic N) is 1. The highest BCUT2D eigenvalue weighted by Crippen LogP contribution is 2.29. The molecule has 2 rings (SSSR count). The highest BCUT2D eigenvalue weighted by atomic mass is 35.5. The zero-order valence-corrected chi connectivity index (χ0v) is 10.6. The van der Waals surface area contributed by atoms with Crippen molar-refractivity contribution in [2.24, 2.45) is 0 Å². The summed E-state index contributed by atoms with van der Waals surface area (Å²) in [6, 6.07) is 7.05. The third kappa shape index (κ3) is 2.62. The van der Waals surface area contributed by atoms with Crippen LogP contribution in [0.15, 0.2) is 30.5 Å². The standard InChI is InChI=1S/C12H10Cl2N2O/c1-17-12-11(15)4-8(6-16-12)7-2-9(13)5-10(14)3-7/h2-6H,15H2,1H3. The molecular weight excluding hydrogens is 259 g/mol. The fourth-order valence-electron chi connectivity index (χ4n) is 1.52. The molecular formula is C12H10Cl2N2O. The second kappa shape index (κ2) is 4.82. The molecule has 0 aliphatic rings. The van der Waals surface area contributed by atoms with Crippen LogP contribution in [-0.2, 0) is 0 Å². The van der Waals surface area contributed by atoms with Crippen LogP contribution in [0.25, 0.3) is 11.1 Å². The van der Waals surface area contributed by atoms with Gasteiger partial charge in [-0.25, -0.2) is 4.98 Å². The smallest absolute Gasteiger partial charge is 0.236 e. The van der Waals surface area contributed by atoms with Gasteiger partial charge in [0.1, 0.15) is 0 Å². The largest absolute Gasteiger partial charge is 0.480 e. The summed E-state index contributed by atoms with van der Waals surface area (Å²) < 4.78 is 5.00. The minimum atomic E-state index is 0.405. The van der Waals surface area contributed by atoms with Gasteiger partial charge < -0.3 is 10.5 Å². The number of halogens is 2. The van der Waals surface area contributed by atoms with Crippen LogP contribution in [-0.4, -0.2) is 12.1 Å². The van der Waals surface area contributed by atoms with Crippen molar-refractivity contribution in [2.45, 2.75) is 0 Å². The maximum absolute atomic E-state index is 5.94. The van der Waals surface area contributed by atoms with Crippen molar-refractivity contribution >= 4 is 28.9 Å². The van der Waals surface area contributed by atoms with E-state index in [0.717, 1.165) is 11.1 Å². The molecule has 5 heteroatoms. The summed E-state index contributed by atoms with van der Waals surface area (Å²) in [6.45, 7) is 0. The van der Waals surface area contributed by atoms with Gasteiger partial charge >= 0.3 is 0 Å². The molecule has 17 heavy (non-hydrogen) atoms. The van der Waals surface area contributed by atoms with Gasteiger partial charge in [0.25, 0.3) is 0 Å². The summed E-state index contributed by atoms with van der Waals surface area (Å²) in [4.78, 5) is 4.10. The van der Waals surface area contributed by atoms with E-state index in [1.165, 1.54) is 7.11 Å². The third-order valence-electron chi connectivity index (χ3n) is 2.27. The fourth-order valence-corrected chi connectivity index (χ4v) is 2.04. The van der Waals surface area contributed by atoms with Gasteiger partial charge in [-0.15, -0.1) is 0 Å². The van der Waals surface area contributed by atoms with E-state index >= 15 is 0 Å². The zero-order valence-electron chi connectivity index (χ0n) is 9.08. The van der Waals surface area contributed by atoms with E-state index in [1.807, 2.05) is 0 Å². The lowest BCUT2D eigenvalue weighted by molar-refractivity contribution is 0.400. The van der Waals surface area contributed by atoms with Crippen LogP contribution in [0.3, 0.4) is 0 Å². The quantitative estimate of drug-likeness (QED) is 0.905. The van der Waals surface area contributed by atoms with Crippen molar-refractivity contribution in [3.05, 3.63) is 40.5 Å². The molecule has 0 aliphatic carbocycles. The number of ether oxygens (including phenoxy) is 1. The Labute approximate surface area is 109 Å². The Kier molecular flexibility index (Phi) is 3.41.